The standard InChI is InChI=1S/C5H13NO2/c1-5(2,3)4-8-6-7/h6-7H,4H2,1-3H3. The molecule has 2 N–H and O–H groups in total. The molecular formula is C5H13NO2. The first kappa shape index (κ1) is 7.88. The second-order valence-corrected chi connectivity index (χ2v) is 2.94. The molecule has 50 valence electrons. The Bertz CT molecular complexity index is 57.9. The highest BCUT2D eigenvalue weighted by molar-refractivity contribution is 4.57. The predicted octanol–water partition coefficient (Wildman–Crippen LogP) is 0.943. The molecule has 0 saturated carbocycles. The van der Waals surface area contributed by atoms with Gasteiger partial charge in [-0.2, -0.15) is 0 Å². The zero-order valence-corrected chi connectivity index (χ0v) is 5.56. The summed E-state index contributed by atoms with van der Waals surface area (Å²) in [6, 6.07) is 0. The fourth-order valence-corrected chi connectivity index (χ4v) is 0.249. The van der Waals surface area contributed by atoms with Crippen molar-refractivity contribution in [3.05, 3.63) is 0 Å². The Hall–Kier alpha value is -0.120. The summed E-state index contributed by atoms with van der Waals surface area (Å²) in [5.41, 5.74) is 1.73. The zero-order chi connectivity index (χ0) is 6.62. The second-order valence-electron chi connectivity index (χ2n) is 2.94. The van der Waals surface area contributed by atoms with Gasteiger partial charge in [0.05, 0.1) is 6.61 Å². The van der Waals surface area contributed by atoms with Crippen molar-refractivity contribution < 1.29 is 10.0 Å². The van der Waals surface area contributed by atoms with Crippen LogP contribution in [0.2, 0.25) is 0 Å². The number of hydrogen-bond donors (Lipinski definition) is 2. The maximum absolute atomic E-state index is 7.96. The first-order valence-corrected chi connectivity index (χ1v) is 2.57. The molecule has 3 nitrogen and oxygen atoms in total. The lowest BCUT2D eigenvalue weighted by Gasteiger charge is -2.15. The average Bonchev–Trinajstić information content (AvgIpc) is 1.59. The number of hydrogen-bond acceptors (Lipinski definition) is 3. The Balaban J connectivity index is 3.11. The molecule has 0 radical (unpaired) electrons. The van der Waals surface area contributed by atoms with Gasteiger partial charge in [0, 0.05) is 0 Å². The van der Waals surface area contributed by atoms with Gasteiger partial charge in [-0.15, -0.1) is 0 Å². The van der Waals surface area contributed by atoms with Crippen molar-refractivity contribution >= 4 is 0 Å². The first-order valence-electron chi connectivity index (χ1n) is 2.57. The van der Waals surface area contributed by atoms with Gasteiger partial charge in [-0.1, -0.05) is 26.4 Å². The lowest BCUT2D eigenvalue weighted by atomic mass is 9.99. The third kappa shape index (κ3) is 5.88. The molecule has 0 heterocycles. The molecule has 0 aromatic rings. The van der Waals surface area contributed by atoms with Gasteiger partial charge in [0.2, 0.25) is 0 Å². The summed E-state index contributed by atoms with van der Waals surface area (Å²) in [5.74, 6) is 0. The van der Waals surface area contributed by atoms with Crippen LogP contribution in [0.25, 0.3) is 0 Å². The molecular weight excluding hydrogens is 106 g/mol. The number of nitrogens with one attached hydrogen (secondary N) is 1. The fourth-order valence-electron chi connectivity index (χ4n) is 0.249. The van der Waals surface area contributed by atoms with Crippen LogP contribution in [0.4, 0.5) is 0 Å². The fraction of sp³-hybridized carbons (Fsp3) is 1.00. The molecule has 0 aliphatic carbocycles. The van der Waals surface area contributed by atoms with Gasteiger partial charge in [-0.3, -0.25) is 10.0 Å². The molecule has 0 saturated heterocycles. The Kier molecular flexibility index (Phi) is 2.97. The quantitative estimate of drug-likeness (QED) is 0.531. The molecule has 0 aliphatic heterocycles. The van der Waals surface area contributed by atoms with E-state index >= 15 is 0 Å². The van der Waals surface area contributed by atoms with E-state index < -0.39 is 0 Å². The van der Waals surface area contributed by atoms with Gasteiger partial charge in [0.1, 0.15) is 0 Å². The lowest BCUT2D eigenvalue weighted by Crippen LogP contribution is -2.20. The highest BCUT2D eigenvalue weighted by atomic mass is 16.8. The monoisotopic (exact) mass is 119 g/mol. The summed E-state index contributed by atoms with van der Waals surface area (Å²) in [4.78, 5) is 4.50. The van der Waals surface area contributed by atoms with Crippen LogP contribution in [0.15, 0.2) is 0 Å². The summed E-state index contributed by atoms with van der Waals surface area (Å²) in [6.45, 7) is 6.56. The Morgan fingerprint density at radius 2 is 2.00 bits per heavy atom. The first-order chi connectivity index (χ1) is 3.56. The van der Waals surface area contributed by atoms with Crippen LogP contribution in [0.3, 0.4) is 0 Å². The topological polar surface area (TPSA) is 41.5 Å². The summed E-state index contributed by atoms with van der Waals surface area (Å²) in [5, 5.41) is 7.96. The van der Waals surface area contributed by atoms with E-state index in [4.69, 9.17) is 5.21 Å². The zero-order valence-electron chi connectivity index (χ0n) is 5.56. The van der Waals surface area contributed by atoms with Crippen molar-refractivity contribution in [3.8, 4) is 0 Å². The van der Waals surface area contributed by atoms with E-state index in [0.717, 1.165) is 0 Å². The summed E-state index contributed by atoms with van der Waals surface area (Å²) >= 11 is 0. The van der Waals surface area contributed by atoms with Gasteiger partial charge in [-0.05, 0) is 5.41 Å². The molecule has 3 heteroatoms. The molecule has 0 spiro atoms. The van der Waals surface area contributed by atoms with E-state index in [2.05, 4.69) is 4.84 Å². The molecule has 0 atom stereocenters. The highest BCUT2D eigenvalue weighted by Gasteiger charge is 2.08. The van der Waals surface area contributed by atoms with E-state index in [1.165, 1.54) is 0 Å². The van der Waals surface area contributed by atoms with Crippen molar-refractivity contribution in [1.82, 2.24) is 5.64 Å². The van der Waals surface area contributed by atoms with Crippen molar-refractivity contribution in [2.45, 2.75) is 20.8 Å². The third-order valence-corrected chi connectivity index (χ3v) is 0.570. The third-order valence-electron chi connectivity index (χ3n) is 0.570. The van der Waals surface area contributed by atoms with E-state index in [1.54, 1.807) is 5.64 Å². The second kappa shape index (κ2) is 3.02. The SMILES string of the molecule is CC(C)(C)CONO. The largest absolute Gasteiger partial charge is 0.292 e. The normalized spacial score (nSPS) is 12.0. The predicted molar refractivity (Wildman–Crippen MR) is 30.3 cm³/mol. The Labute approximate surface area is 49.6 Å². The van der Waals surface area contributed by atoms with E-state index in [0.29, 0.717) is 6.61 Å². The van der Waals surface area contributed by atoms with Crippen LogP contribution in [0.5, 0.6) is 0 Å². The molecule has 0 rings (SSSR count). The van der Waals surface area contributed by atoms with Gasteiger partial charge in [0.15, 0.2) is 0 Å². The minimum atomic E-state index is 0.107. The van der Waals surface area contributed by atoms with Crippen LogP contribution in [-0.4, -0.2) is 11.8 Å². The highest BCUT2D eigenvalue weighted by Crippen LogP contribution is 2.11. The van der Waals surface area contributed by atoms with E-state index in [9.17, 15) is 0 Å². The van der Waals surface area contributed by atoms with Crippen LogP contribution in [-0.2, 0) is 4.84 Å². The molecule has 0 aromatic heterocycles. The summed E-state index contributed by atoms with van der Waals surface area (Å²) in [7, 11) is 0. The van der Waals surface area contributed by atoms with Gasteiger partial charge < -0.3 is 0 Å². The number of rotatable bonds is 2. The Morgan fingerprint density at radius 3 is 2.12 bits per heavy atom. The van der Waals surface area contributed by atoms with Gasteiger partial charge in [0.25, 0.3) is 0 Å². The maximum atomic E-state index is 7.96. The van der Waals surface area contributed by atoms with Crippen molar-refractivity contribution in [2.24, 2.45) is 5.41 Å². The van der Waals surface area contributed by atoms with Crippen LogP contribution in [0.1, 0.15) is 20.8 Å². The maximum Gasteiger partial charge on any atom is 0.0757 e. The molecule has 0 amide bonds. The van der Waals surface area contributed by atoms with E-state index in [-0.39, 0.29) is 5.41 Å². The minimum absolute atomic E-state index is 0.107. The van der Waals surface area contributed by atoms with Gasteiger partial charge >= 0.3 is 0 Å². The minimum Gasteiger partial charge on any atom is -0.292 e. The average molecular weight is 119 g/mol. The molecule has 0 unspecified atom stereocenters. The lowest BCUT2D eigenvalue weighted by molar-refractivity contribution is -0.145. The summed E-state index contributed by atoms with van der Waals surface area (Å²) in [6.07, 6.45) is 0. The van der Waals surface area contributed by atoms with Crippen molar-refractivity contribution in [2.75, 3.05) is 6.61 Å². The van der Waals surface area contributed by atoms with Crippen LogP contribution in [0, 0.1) is 5.41 Å². The summed E-state index contributed by atoms with van der Waals surface area (Å²) < 4.78 is 0. The molecule has 0 bridgehead atoms. The molecule has 0 aliphatic rings. The van der Waals surface area contributed by atoms with E-state index in [1.807, 2.05) is 20.8 Å². The molecule has 0 fully saturated rings. The van der Waals surface area contributed by atoms with Crippen LogP contribution >= 0.6 is 0 Å². The van der Waals surface area contributed by atoms with Crippen molar-refractivity contribution in [3.63, 3.8) is 0 Å². The Morgan fingerprint density at radius 1 is 1.50 bits per heavy atom. The molecule has 8 heavy (non-hydrogen) atoms. The van der Waals surface area contributed by atoms with Gasteiger partial charge in [-0.25, -0.2) is 0 Å². The van der Waals surface area contributed by atoms with Crippen molar-refractivity contribution in [1.29, 1.82) is 0 Å². The smallest absolute Gasteiger partial charge is 0.0757 e. The van der Waals surface area contributed by atoms with Crippen LogP contribution < -0.4 is 5.64 Å². The molecule has 0 aromatic carbocycles.